The minimum atomic E-state index is 0.115. The average Bonchev–Trinajstić information content (AvgIpc) is 2.41. The van der Waals surface area contributed by atoms with E-state index in [9.17, 15) is 0 Å². The second-order valence-electron chi connectivity index (χ2n) is 4.44. The van der Waals surface area contributed by atoms with E-state index in [1.54, 1.807) is 0 Å². The molecule has 0 spiro atoms. The van der Waals surface area contributed by atoms with Crippen molar-refractivity contribution in [3.8, 4) is 0 Å². The van der Waals surface area contributed by atoms with Crippen molar-refractivity contribution in [1.82, 2.24) is 10.3 Å². The highest BCUT2D eigenvalue weighted by Gasteiger charge is 2.13. The Kier molecular flexibility index (Phi) is 4.26. The second-order valence-corrected chi connectivity index (χ2v) is 4.44. The molecular weight excluding hydrogens is 220 g/mol. The monoisotopic (exact) mass is 238 g/mol. The van der Waals surface area contributed by atoms with Crippen molar-refractivity contribution < 1.29 is 0 Å². The Morgan fingerprint density at radius 1 is 1.17 bits per heavy atom. The van der Waals surface area contributed by atoms with Gasteiger partial charge < -0.3 is 5.32 Å². The topological polar surface area (TPSA) is 24.9 Å². The van der Waals surface area contributed by atoms with Gasteiger partial charge in [-0.1, -0.05) is 48.6 Å². The fourth-order valence-corrected chi connectivity index (χ4v) is 1.86. The number of aromatic nitrogens is 1. The first kappa shape index (κ1) is 12.5. The molecule has 18 heavy (non-hydrogen) atoms. The Bertz CT molecular complexity index is 452. The van der Waals surface area contributed by atoms with E-state index in [1.165, 1.54) is 5.56 Å². The smallest absolute Gasteiger partial charge is 0.0753 e. The van der Waals surface area contributed by atoms with E-state index < -0.39 is 0 Å². The summed E-state index contributed by atoms with van der Waals surface area (Å²) in [5.41, 5.74) is 3.37. The van der Waals surface area contributed by atoms with Crippen LogP contribution in [0.2, 0.25) is 0 Å². The Morgan fingerprint density at radius 3 is 2.50 bits per heavy atom. The largest absolute Gasteiger partial charge is 0.301 e. The summed E-state index contributed by atoms with van der Waals surface area (Å²) in [5.74, 6) is 0. The lowest BCUT2D eigenvalue weighted by atomic mass is 10.0. The standard InChI is InChI=1S/C16H18N2/c1-13(2)12-18-16(14-8-4-3-5-9-14)15-10-6-7-11-17-15/h3-11,16,18H,1,12H2,2H3. The molecule has 1 unspecified atom stereocenters. The number of pyridine rings is 1. The molecule has 0 saturated heterocycles. The minimum Gasteiger partial charge on any atom is -0.301 e. The van der Waals surface area contributed by atoms with Crippen molar-refractivity contribution in [3.05, 3.63) is 78.1 Å². The van der Waals surface area contributed by atoms with Gasteiger partial charge in [0.1, 0.15) is 0 Å². The van der Waals surface area contributed by atoms with Gasteiger partial charge >= 0.3 is 0 Å². The molecule has 0 amide bonds. The fourth-order valence-electron chi connectivity index (χ4n) is 1.86. The van der Waals surface area contributed by atoms with Crippen molar-refractivity contribution in [3.63, 3.8) is 0 Å². The predicted octanol–water partition coefficient (Wildman–Crippen LogP) is 3.34. The molecule has 1 atom stereocenters. The van der Waals surface area contributed by atoms with E-state index in [1.807, 2.05) is 49.5 Å². The van der Waals surface area contributed by atoms with E-state index in [2.05, 4.69) is 29.0 Å². The van der Waals surface area contributed by atoms with Gasteiger partial charge in [-0.15, -0.1) is 0 Å². The maximum absolute atomic E-state index is 4.44. The van der Waals surface area contributed by atoms with Crippen LogP contribution >= 0.6 is 0 Å². The summed E-state index contributed by atoms with van der Waals surface area (Å²) in [6.07, 6.45) is 1.83. The van der Waals surface area contributed by atoms with Gasteiger partial charge in [0.05, 0.1) is 11.7 Å². The third kappa shape index (κ3) is 3.28. The normalized spacial score (nSPS) is 12.1. The highest BCUT2D eigenvalue weighted by Crippen LogP contribution is 2.19. The number of rotatable bonds is 5. The molecule has 1 N–H and O–H groups in total. The molecule has 2 rings (SSSR count). The SMILES string of the molecule is C=C(C)CNC(c1ccccc1)c1ccccn1. The predicted molar refractivity (Wildman–Crippen MR) is 75.3 cm³/mol. The van der Waals surface area contributed by atoms with Crippen molar-refractivity contribution >= 4 is 0 Å². The Balaban J connectivity index is 2.26. The fraction of sp³-hybridized carbons (Fsp3) is 0.188. The Morgan fingerprint density at radius 2 is 1.89 bits per heavy atom. The summed E-state index contributed by atoms with van der Waals surface area (Å²) in [5, 5.41) is 3.49. The lowest BCUT2D eigenvalue weighted by Gasteiger charge is -2.18. The van der Waals surface area contributed by atoms with Crippen LogP contribution in [0, 0.1) is 0 Å². The molecule has 0 aliphatic heterocycles. The average molecular weight is 238 g/mol. The summed E-state index contributed by atoms with van der Waals surface area (Å²) in [4.78, 5) is 4.44. The first-order valence-corrected chi connectivity index (χ1v) is 6.11. The number of nitrogens with one attached hydrogen (secondary N) is 1. The summed E-state index contributed by atoms with van der Waals surface area (Å²) >= 11 is 0. The second kappa shape index (κ2) is 6.12. The van der Waals surface area contributed by atoms with Gasteiger partial charge in [-0.05, 0) is 24.6 Å². The molecule has 0 radical (unpaired) electrons. The zero-order chi connectivity index (χ0) is 12.8. The van der Waals surface area contributed by atoms with E-state index in [-0.39, 0.29) is 6.04 Å². The zero-order valence-electron chi connectivity index (χ0n) is 10.6. The van der Waals surface area contributed by atoms with Crippen LogP contribution in [0.5, 0.6) is 0 Å². The van der Waals surface area contributed by atoms with Gasteiger partial charge in [-0.25, -0.2) is 0 Å². The molecule has 2 nitrogen and oxygen atoms in total. The maximum atomic E-state index is 4.44. The first-order chi connectivity index (χ1) is 8.77. The van der Waals surface area contributed by atoms with E-state index in [0.717, 1.165) is 17.8 Å². The van der Waals surface area contributed by atoms with Gasteiger partial charge in [-0.2, -0.15) is 0 Å². The number of nitrogens with zero attached hydrogens (tertiary/aromatic N) is 1. The molecule has 1 heterocycles. The molecule has 0 aliphatic rings. The molecule has 1 aromatic heterocycles. The van der Waals surface area contributed by atoms with Crippen molar-refractivity contribution in [2.24, 2.45) is 0 Å². The van der Waals surface area contributed by atoms with E-state index in [0.29, 0.717) is 0 Å². The number of hydrogen-bond acceptors (Lipinski definition) is 2. The van der Waals surface area contributed by atoms with Crippen molar-refractivity contribution in [2.45, 2.75) is 13.0 Å². The zero-order valence-corrected chi connectivity index (χ0v) is 10.6. The highest BCUT2D eigenvalue weighted by atomic mass is 14.9. The van der Waals surface area contributed by atoms with E-state index in [4.69, 9.17) is 0 Å². The summed E-state index contributed by atoms with van der Waals surface area (Å²) in [6, 6.07) is 16.5. The van der Waals surface area contributed by atoms with Crippen LogP contribution in [0.25, 0.3) is 0 Å². The molecule has 1 aromatic carbocycles. The third-order valence-electron chi connectivity index (χ3n) is 2.72. The minimum absolute atomic E-state index is 0.115. The number of benzene rings is 1. The molecule has 0 bridgehead atoms. The van der Waals surface area contributed by atoms with Gasteiger partial charge in [0.15, 0.2) is 0 Å². The van der Waals surface area contributed by atoms with Crippen LogP contribution in [0.15, 0.2) is 66.9 Å². The first-order valence-electron chi connectivity index (χ1n) is 6.11. The van der Waals surface area contributed by atoms with Crippen LogP contribution in [0.3, 0.4) is 0 Å². The third-order valence-corrected chi connectivity index (χ3v) is 2.72. The highest BCUT2D eigenvalue weighted by molar-refractivity contribution is 5.27. The van der Waals surface area contributed by atoms with Gasteiger partial charge in [0, 0.05) is 12.7 Å². The molecule has 0 fully saturated rings. The summed E-state index contributed by atoms with van der Waals surface area (Å²) < 4.78 is 0. The van der Waals surface area contributed by atoms with E-state index >= 15 is 0 Å². The van der Waals surface area contributed by atoms with Crippen LogP contribution < -0.4 is 5.32 Å². The summed E-state index contributed by atoms with van der Waals surface area (Å²) in [6.45, 7) is 6.74. The van der Waals surface area contributed by atoms with Crippen LogP contribution in [-0.2, 0) is 0 Å². The van der Waals surface area contributed by atoms with Gasteiger partial charge in [0.2, 0.25) is 0 Å². The van der Waals surface area contributed by atoms with Crippen LogP contribution in [0.4, 0.5) is 0 Å². The van der Waals surface area contributed by atoms with Crippen molar-refractivity contribution in [1.29, 1.82) is 0 Å². The summed E-state index contributed by atoms with van der Waals surface area (Å²) in [7, 11) is 0. The van der Waals surface area contributed by atoms with Crippen molar-refractivity contribution in [2.75, 3.05) is 6.54 Å². The quantitative estimate of drug-likeness (QED) is 0.808. The van der Waals surface area contributed by atoms with Crippen LogP contribution in [-0.4, -0.2) is 11.5 Å². The lowest BCUT2D eigenvalue weighted by molar-refractivity contribution is 0.625. The lowest BCUT2D eigenvalue weighted by Crippen LogP contribution is -2.24. The maximum Gasteiger partial charge on any atom is 0.0753 e. The molecule has 2 heteroatoms. The molecule has 92 valence electrons. The van der Waals surface area contributed by atoms with Crippen LogP contribution in [0.1, 0.15) is 24.2 Å². The molecule has 0 aliphatic carbocycles. The molecule has 2 aromatic rings. The Labute approximate surface area is 108 Å². The molecule has 0 saturated carbocycles. The number of hydrogen-bond donors (Lipinski definition) is 1. The Hall–Kier alpha value is -1.93. The van der Waals surface area contributed by atoms with Gasteiger partial charge in [-0.3, -0.25) is 4.98 Å². The molecular formula is C16H18N2. The van der Waals surface area contributed by atoms with Gasteiger partial charge in [0.25, 0.3) is 0 Å².